The Bertz CT molecular complexity index is 990. The lowest BCUT2D eigenvalue weighted by Crippen LogP contribution is -2.52. The van der Waals surface area contributed by atoms with Crippen molar-refractivity contribution in [2.75, 3.05) is 25.0 Å². The second-order valence-electron chi connectivity index (χ2n) is 7.64. The van der Waals surface area contributed by atoms with Crippen LogP contribution in [0.3, 0.4) is 0 Å². The molecule has 1 saturated heterocycles. The van der Waals surface area contributed by atoms with Crippen LogP contribution >= 0.6 is 11.6 Å². The first-order chi connectivity index (χ1) is 14.0. The minimum absolute atomic E-state index is 0.0285. The van der Waals surface area contributed by atoms with Crippen molar-refractivity contribution in [3.05, 3.63) is 63.5 Å². The molecule has 2 aliphatic rings. The van der Waals surface area contributed by atoms with Gasteiger partial charge in [-0.05, 0) is 36.6 Å². The number of carbonyl (C=O) groups is 2. The topological polar surface area (TPSA) is 83.4 Å². The van der Waals surface area contributed by atoms with Crippen LogP contribution < -0.4 is 16.2 Å². The monoisotopic (exact) mass is 414 g/mol. The van der Waals surface area contributed by atoms with Gasteiger partial charge in [-0.3, -0.25) is 9.59 Å². The van der Waals surface area contributed by atoms with Crippen LogP contribution in [0.5, 0.6) is 0 Å². The minimum atomic E-state index is -0.184. The number of rotatable bonds is 4. The van der Waals surface area contributed by atoms with Crippen LogP contribution in [-0.4, -0.2) is 41.0 Å². The number of hydrogen-bond donors (Lipinski definition) is 2. The molecular formula is C21H23ClN4O3. The van der Waals surface area contributed by atoms with Gasteiger partial charge in [0.2, 0.25) is 5.91 Å². The summed E-state index contributed by atoms with van der Waals surface area (Å²) in [6.45, 7) is 2.11. The highest BCUT2D eigenvalue weighted by Gasteiger charge is 2.36. The number of anilines is 1. The fourth-order valence-corrected chi connectivity index (χ4v) is 4.44. The number of fused-ring (bicyclic) bond motifs is 4. The number of likely N-dealkylation sites (tertiary alicyclic amines) is 1. The molecule has 0 spiro atoms. The lowest BCUT2D eigenvalue weighted by atomic mass is 9.83. The van der Waals surface area contributed by atoms with E-state index in [1.54, 1.807) is 41.3 Å². The number of benzene rings is 1. The van der Waals surface area contributed by atoms with Crippen LogP contribution in [0.4, 0.5) is 10.5 Å². The number of halogens is 1. The molecule has 1 fully saturated rings. The average molecular weight is 415 g/mol. The van der Waals surface area contributed by atoms with Gasteiger partial charge in [0.15, 0.2) is 0 Å². The highest BCUT2D eigenvalue weighted by atomic mass is 35.5. The number of piperidine rings is 1. The van der Waals surface area contributed by atoms with Gasteiger partial charge in [0.1, 0.15) is 0 Å². The molecule has 8 heteroatoms. The van der Waals surface area contributed by atoms with E-state index >= 15 is 0 Å². The van der Waals surface area contributed by atoms with Crippen LogP contribution in [-0.2, 0) is 11.3 Å². The van der Waals surface area contributed by atoms with E-state index in [0.717, 1.165) is 12.1 Å². The van der Waals surface area contributed by atoms with E-state index in [0.29, 0.717) is 30.3 Å². The third-order valence-corrected chi connectivity index (χ3v) is 5.74. The number of hydrogen-bond acceptors (Lipinski definition) is 3. The number of pyridine rings is 1. The summed E-state index contributed by atoms with van der Waals surface area (Å²) in [4.78, 5) is 38.5. The Morgan fingerprint density at radius 2 is 1.93 bits per heavy atom. The summed E-state index contributed by atoms with van der Waals surface area (Å²) in [5, 5.41) is 6.15. The van der Waals surface area contributed by atoms with E-state index in [1.165, 1.54) is 0 Å². The Kier molecular flexibility index (Phi) is 5.58. The van der Waals surface area contributed by atoms with E-state index in [9.17, 15) is 14.4 Å². The molecule has 152 valence electrons. The molecule has 4 rings (SSSR count). The molecule has 2 bridgehead atoms. The van der Waals surface area contributed by atoms with Crippen LogP contribution in [0.1, 0.15) is 24.5 Å². The van der Waals surface area contributed by atoms with E-state index < -0.39 is 0 Å². The van der Waals surface area contributed by atoms with Gasteiger partial charge < -0.3 is 20.1 Å². The van der Waals surface area contributed by atoms with Crippen molar-refractivity contribution in [2.24, 2.45) is 5.92 Å². The maximum Gasteiger partial charge on any atom is 0.317 e. The first-order valence-electron chi connectivity index (χ1n) is 9.77. The minimum Gasteiger partial charge on any atom is -0.337 e. The zero-order valence-electron chi connectivity index (χ0n) is 15.9. The van der Waals surface area contributed by atoms with Gasteiger partial charge in [-0.15, -0.1) is 0 Å². The van der Waals surface area contributed by atoms with E-state index in [4.69, 9.17) is 11.6 Å². The SMILES string of the molecule is O=C(CCNC(=O)N1C[C@H]2C[C@@H](C1)c1cccc(=O)n1C2)Nc1cccc(Cl)c1. The highest BCUT2D eigenvalue weighted by Crippen LogP contribution is 2.34. The normalized spacial score (nSPS) is 20.0. The predicted octanol–water partition coefficient (Wildman–Crippen LogP) is 2.66. The van der Waals surface area contributed by atoms with Crippen molar-refractivity contribution >= 4 is 29.2 Å². The Morgan fingerprint density at radius 1 is 1.10 bits per heavy atom. The lowest BCUT2D eigenvalue weighted by Gasteiger charge is -2.42. The number of amides is 3. The molecule has 2 aromatic rings. The molecule has 7 nitrogen and oxygen atoms in total. The van der Waals surface area contributed by atoms with E-state index in [1.807, 2.05) is 10.6 Å². The number of carbonyl (C=O) groups excluding carboxylic acids is 2. The van der Waals surface area contributed by atoms with Crippen molar-refractivity contribution in [2.45, 2.75) is 25.3 Å². The fraction of sp³-hybridized carbons (Fsp3) is 0.381. The molecule has 29 heavy (non-hydrogen) atoms. The van der Waals surface area contributed by atoms with E-state index in [2.05, 4.69) is 10.6 Å². The van der Waals surface area contributed by atoms with Gasteiger partial charge in [0.05, 0.1) is 0 Å². The van der Waals surface area contributed by atoms with Crippen molar-refractivity contribution in [1.82, 2.24) is 14.8 Å². The molecule has 1 aromatic heterocycles. The predicted molar refractivity (Wildman–Crippen MR) is 111 cm³/mol. The lowest BCUT2D eigenvalue weighted by molar-refractivity contribution is -0.116. The summed E-state index contributed by atoms with van der Waals surface area (Å²) >= 11 is 5.91. The van der Waals surface area contributed by atoms with Gasteiger partial charge in [-0.2, -0.15) is 0 Å². The average Bonchev–Trinajstić information content (AvgIpc) is 2.68. The third kappa shape index (κ3) is 4.45. The van der Waals surface area contributed by atoms with Gasteiger partial charge in [0, 0.05) is 61.0 Å². The summed E-state index contributed by atoms with van der Waals surface area (Å²) in [5.41, 5.74) is 1.67. The number of nitrogens with zero attached hydrogens (tertiary/aromatic N) is 2. The van der Waals surface area contributed by atoms with Gasteiger partial charge >= 0.3 is 6.03 Å². The second kappa shape index (κ2) is 8.29. The fourth-order valence-electron chi connectivity index (χ4n) is 4.25. The maximum atomic E-state index is 12.6. The molecule has 0 unspecified atom stereocenters. The quantitative estimate of drug-likeness (QED) is 0.806. The van der Waals surface area contributed by atoms with Gasteiger partial charge in [-0.25, -0.2) is 4.79 Å². The van der Waals surface area contributed by atoms with Gasteiger partial charge in [-0.1, -0.05) is 23.7 Å². The summed E-state index contributed by atoms with van der Waals surface area (Å²) in [6.07, 6.45) is 1.17. The molecule has 1 aromatic carbocycles. The number of urea groups is 1. The molecule has 2 atom stereocenters. The second-order valence-corrected chi connectivity index (χ2v) is 8.08. The Hall–Kier alpha value is -2.80. The Morgan fingerprint density at radius 3 is 2.76 bits per heavy atom. The van der Waals surface area contributed by atoms with Crippen LogP contribution in [0.15, 0.2) is 47.3 Å². The zero-order valence-corrected chi connectivity index (χ0v) is 16.7. The molecule has 3 heterocycles. The van der Waals surface area contributed by atoms with Gasteiger partial charge in [0.25, 0.3) is 5.56 Å². The largest absolute Gasteiger partial charge is 0.337 e. The third-order valence-electron chi connectivity index (χ3n) is 5.50. The summed E-state index contributed by atoms with van der Waals surface area (Å²) in [6, 6.07) is 12.1. The number of nitrogens with one attached hydrogen (secondary N) is 2. The maximum absolute atomic E-state index is 12.6. The zero-order chi connectivity index (χ0) is 20.4. The Balaban J connectivity index is 1.29. The molecule has 2 N–H and O–H groups in total. The summed E-state index contributed by atoms with van der Waals surface area (Å²) in [5.74, 6) is 0.267. The van der Waals surface area contributed by atoms with Crippen molar-refractivity contribution in [1.29, 1.82) is 0 Å². The number of aromatic nitrogens is 1. The summed E-state index contributed by atoms with van der Waals surface area (Å²) < 4.78 is 1.84. The molecule has 2 aliphatic heterocycles. The molecule has 0 aliphatic carbocycles. The first kappa shape index (κ1) is 19.5. The first-order valence-corrected chi connectivity index (χ1v) is 10.2. The van der Waals surface area contributed by atoms with Crippen LogP contribution in [0, 0.1) is 5.92 Å². The highest BCUT2D eigenvalue weighted by molar-refractivity contribution is 6.30. The van der Waals surface area contributed by atoms with Crippen molar-refractivity contribution in [3.8, 4) is 0 Å². The summed E-state index contributed by atoms with van der Waals surface area (Å²) in [7, 11) is 0. The standard InChI is InChI=1S/C21H23ClN4O3/c22-16-3-1-4-17(10-16)24-19(27)7-8-23-21(29)25-11-14-9-15(13-25)18-5-2-6-20(28)26(18)12-14/h1-6,10,14-15H,7-9,11-13H2,(H,23,29)(H,24,27)/t14-,15+/m1/s1. The van der Waals surface area contributed by atoms with Crippen LogP contribution in [0.2, 0.25) is 5.02 Å². The van der Waals surface area contributed by atoms with Crippen molar-refractivity contribution < 1.29 is 9.59 Å². The molecule has 0 radical (unpaired) electrons. The van der Waals surface area contributed by atoms with Crippen molar-refractivity contribution in [3.63, 3.8) is 0 Å². The van der Waals surface area contributed by atoms with Crippen LogP contribution in [0.25, 0.3) is 0 Å². The molecule has 0 saturated carbocycles. The smallest absolute Gasteiger partial charge is 0.317 e. The molecule has 3 amide bonds. The Labute approximate surface area is 173 Å². The molecular weight excluding hydrogens is 392 g/mol. The van der Waals surface area contributed by atoms with E-state index in [-0.39, 0.29) is 42.3 Å².